The average Bonchev–Trinajstić information content (AvgIpc) is 2.11. The molecule has 1 atom stereocenters. The highest BCUT2D eigenvalue weighted by atomic mass is 32.2. The molecule has 1 aromatic carbocycles. The maximum absolute atomic E-state index is 13.2. The van der Waals surface area contributed by atoms with Gasteiger partial charge < -0.3 is 5.32 Å². The number of nitrogens with one attached hydrogen (secondary N) is 1. The largest absolute Gasteiger partial charge is 0.379 e. The van der Waals surface area contributed by atoms with Crippen molar-refractivity contribution in [3.05, 3.63) is 29.6 Å². The van der Waals surface area contributed by atoms with E-state index in [0.29, 0.717) is 12.1 Å². The Labute approximate surface area is 97.6 Å². The number of rotatable bonds is 4. The molecule has 0 spiro atoms. The molecular formula is C10H12F3NO2S. The van der Waals surface area contributed by atoms with Gasteiger partial charge in [0.1, 0.15) is 15.7 Å². The molecule has 0 saturated carbocycles. The van der Waals surface area contributed by atoms with E-state index in [4.69, 9.17) is 0 Å². The molecule has 0 radical (unpaired) electrons. The van der Waals surface area contributed by atoms with Gasteiger partial charge in [-0.15, -0.1) is 0 Å². The Morgan fingerprint density at radius 2 is 1.71 bits per heavy atom. The normalized spacial score (nSPS) is 13.5. The van der Waals surface area contributed by atoms with Gasteiger partial charge in [-0.25, -0.2) is 21.6 Å². The van der Waals surface area contributed by atoms with Crippen molar-refractivity contribution in [2.75, 3.05) is 17.3 Å². The summed E-state index contributed by atoms with van der Waals surface area (Å²) in [5.41, 5.74) is -0.264. The summed E-state index contributed by atoms with van der Waals surface area (Å²) in [5.74, 6) is -3.68. The highest BCUT2D eigenvalue weighted by molar-refractivity contribution is 7.90. The minimum atomic E-state index is -3.23. The third kappa shape index (κ3) is 4.26. The molecule has 0 aliphatic rings. The van der Waals surface area contributed by atoms with Crippen molar-refractivity contribution >= 4 is 15.5 Å². The molecule has 1 unspecified atom stereocenters. The SMILES string of the molecule is CC(CS(C)(=O)=O)Nc1cc(F)c(F)cc1F. The summed E-state index contributed by atoms with van der Waals surface area (Å²) < 4.78 is 60.6. The van der Waals surface area contributed by atoms with Crippen molar-refractivity contribution in [3.63, 3.8) is 0 Å². The van der Waals surface area contributed by atoms with Crippen molar-refractivity contribution in [1.82, 2.24) is 0 Å². The monoisotopic (exact) mass is 267 g/mol. The summed E-state index contributed by atoms with van der Waals surface area (Å²) in [6.45, 7) is 1.50. The van der Waals surface area contributed by atoms with E-state index in [0.717, 1.165) is 6.26 Å². The van der Waals surface area contributed by atoms with Gasteiger partial charge >= 0.3 is 0 Å². The van der Waals surface area contributed by atoms with Crippen molar-refractivity contribution in [3.8, 4) is 0 Å². The molecule has 0 heterocycles. The zero-order chi connectivity index (χ0) is 13.2. The van der Waals surface area contributed by atoms with Crippen LogP contribution in [0.5, 0.6) is 0 Å². The van der Waals surface area contributed by atoms with Crippen LogP contribution in [0.15, 0.2) is 12.1 Å². The first-order valence-electron chi connectivity index (χ1n) is 4.78. The van der Waals surface area contributed by atoms with E-state index in [9.17, 15) is 21.6 Å². The minimum Gasteiger partial charge on any atom is -0.379 e. The molecule has 0 aromatic heterocycles. The predicted molar refractivity (Wildman–Crippen MR) is 59.1 cm³/mol. The Balaban J connectivity index is 2.85. The lowest BCUT2D eigenvalue weighted by atomic mass is 10.2. The average molecular weight is 267 g/mol. The number of anilines is 1. The van der Waals surface area contributed by atoms with Gasteiger partial charge in [-0.3, -0.25) is 0 Å². The molecule has 1 N–H and O–H groups in total. The lowest BCUT2D eigenvalue weighted by Gasteiger charge is -2.14. The second-order valence-corrected chi connectivity index (χ2v) is 6.07. The Bertz CT molecular complexity index is 517. The minimum absolute atomic E-state index is 0.231. The maximum atomic E-state index is 13.2. The van der Waals surface area contributed by atoms with Crippen LogP contribution in [0.25, 0.3) is 0 Å². The second-order valence-electron chi connectivity index (χ2n) is 3.88. The lowest BCUT2D eigenvalue weighted by Crippen LogP contribution is -2.25. The number of hydrogen-bond donors (Lipinski definition) is 1. The van der Waals surface area contributed by atoms with Crippen LogP contribution in [0.2, 0.25) is 0 Å². The topological polar surface area (TPSA) is 46.2 Å². The van der Waals surface area contributed by atoms with E-state index >= 15 is 0 Å². The first kappa shape index (κ1) is 13.8. The predicted octanol–water partition coefficient (Wildman–Crippen LogP) is 1.95. The first-order chi connectivity index (χ1) is 7.69. The van der Waals surface area contributed by atoms with Crippen LogP contribution in [0.3, 0.4) is 0 Å². The number of benzene rings is 1. The summed E-state index contributed by atoms with van der Waals surface area (Å²) in [6, 6.07) is 0.457. The Morgan fingerprint density at radius 1 is 1.18 bits per heavy atom. The maximum Gasteiger partial charge on any atom is 0.161 e. The van der Waals surface area contributed by atoms with Crippen LogP contribution in [0, 0.1) is 17.5 Å². The molecule has 0 fully saturated rings. The fraction of sp³-hybridized carbons (Fsp3) is 0.400. The van der Waals surface area contributed by atoms with Crippen molar-refractivity contribution in [1.29, 1.82) is 0 Å². The second kappa shape index (κ2) is 4.95. The van der Waals surface area contributed by atoms with Gasteiger partial charge in [0.2, 0.25) is 0 Å². The van der Waals surface area contributed by atoms with Crippen LogP contribution < -0.4 is 5.32 Å². The Hall–Kier alpha value is -1.24. The number of sulfone groups is 1. The molecule has 0 amide bonds. The quantitative estimate of drug-likeness (QED) is 0.848. The summed E-state index contributed by atoms with van der Waals surface area (Å²) in [4.78, 5) is 0. The Morgan fingerprint density at radius 3 is 2.24 bits per heavy atom. The summed E-state index contributed by atoms with van der Waals surface area (Å²) >= 11 is 0. The van der Waals surface area contributed by atoms with Crippen LogP contribution >= 0.6 is 0 Å². The van der Waals surface area contributed by atoms with Gasteiger partial charge in [0, 0.05) is 24.4 Å². The smallest absolute Gasteiger partial charge is 0.161 e. The van der Waals surface area contributed by atoms with Gasteiger partial charge in [0.05, 0.1) is 11.4 Å². The number of hydrogen-bond acceptors (Lipinski definition) is 3. The molecule has 0 aliphatic carbocycles. The van der Waals surface area contributed by atoms with Crippen molar-refractivity contribution < 1.29 is 21.6 Å². The molecule has 7 heteroatoms. The van der Waals surface area contributed by atoms with Crippen molar-refractivity contribution in [2.45, 2.75) is 13.0 Å². The summed E-state index contributed by atoms with van der Waals surface area (Å²) in [5, 5.41) is 2.47. The summed E-state index contributed by atoms with van der Waals surface area (Å²) in [7, 11) is -3.23. The highest BCUT2D eigenvalue weighted by Crippen LogP contribution is 2.19. The zero-order valence-corrected chi connectivity index (χ0v) is 10.1. The molecular weight excluding hydrogens is 255 g/mol. The van der Waals surface area contributed by atoms with E-state index in [1.165, 1.54) is 6.92 Å². The molecule has 1 rings (SSSR count). The van der Waals surface area contributed by atoms with Crippen LogP contribution in [0.4, 0.5) is 18.9 Å². The highest BCUT2D eigenvalue weighted by Gasteiger charge is 2.14. The third-order valence-corrected chi connectivity index (χ3v) is 3.07. The zero-order valence-electron chi connectivity index (χ0n) is 9.30. The molecule has 96 valence electrons. The van der Waals surface area contributed by atoms with Gasteiger partial charge in [-0.1, -0.05) is 0 Å². The molecule has 1 aromatic rings. The lowest BCUT2D eigenvalue weighted by molar-refractivity contribution is 0.495. The van der Waals surface area contributed by atoms with Gasteiger partial charge in [0.15, 0.2) is 11.6 Å². The number of halogens is 3. The van der Waals surface area contributed by atoms with Gasteiger partial charge in [0.25, 0.3) is 0 Å². The van der Waals surface area contributed by atoms with E-state index < -0.39 is 33.3 Å². The van der Waals surface area contributed by atoms with Crippen molar-refractivity contribution in [2.24, 2.45) is 0 Å². The van der Waals surface area contributed by atoms with E-state index in [2.05, 4.69) is 5.32 Å². The first-order valence-corrected chi connectivity index (χ1v) is 6.84. The van der Waals surface area contributed by atoms with E-state index in [1.807, 2.05) is 0 Å². The Kier molecular flexibility index (Phi) is 4.03. The standard InChI is InChI=1S/C10H12F3NO2S/c1-6(5-17(2,15)16)14-10-4-8(12)7(11)3-9(10)13/h3-4,6,14H,5H2,1-2H3. The van der Waals surface area contributed by atoms with E-state index in [1.54, 1.807) is 0 Å². The van der Waals surface area contributed by atoms with Gasteiger partial charge in [-0.2, -0.15) is 0 Å². The fourth-order valence-corrected chi connectivity index (χ4v) is 2.39. The van der Waals surface area contributed by atoms with Gasteiger partial charge in [-0.05, 0) is 6.92 Å². The molecule has 0 bridgehead atoms. The molecule has 0 aliphatic heterocycles. The fourth-order valence-electron chi connectivity index (χ4n) is 1.39. The van der Waals surface area contributed by atoms with Crippen LogP contribution in [-0.2, 0) is 9.84 Å². The molecule has 0 saturated heterocycles. The molecule has 3 nitrogen and oxygen atoms in total. The van der Waals surface area contributed by atoms with Crippen LogP contribution in [-0.4, -0.2) is 26.5 Å². The van der Waals surface area contributed by atoms with E-state index in [-0.39, 0.29) is 11.4 Å². The third-order valence-electron chi connectivity index (χ3n) is 1.96. The summed E-state index contributed by atoms with van der Waals surface area (Å²) in [6.07, 6.45) is 1.03. The van der Waals surface area contributed by atoms with Crippen LogP contribution in [0.1, 0.15) is 6.92 Å². The molecule has 17 heavy (non-hydrogen) atoms.